The Morgan fingerprint density at radius 1 is 1.36 bits per heavy atom. The number of hydrogen-bond acceptors (Lipinski definition) is 4. The average molecular weight is 314 g/mol. The minimum atomic E-state index is -1.07. The zero-order valence-corrected chi connectivity index (χ0v) is 13.9. The molecule has 2 amide bonds. The summed E-state index contributed by atoms with van der Waals surface area (Å²) in [5.74, 6) is -1.33. The van der Waals surface area contributed by atoms with Crippen LogP contribution >= 0.6 is 0 Å². The minimum absolute atomic E-state index is 0.260. The Morgan fingerprint density at radius 2 is 1.95 bits per heavy atom. The second kappa shape index (κ2) is 6.98. The van der Waals surface area contributed by atoms with Crippen molar-refractivity contribution >= 4 is 18.5 Å². The molecule has 1 aliphatic rings. The highest BCUT2D eigenvalue weighted by atomic mass is 16.6. The van der Waals surface area contributed by atoms with Crippen LogP contribution in [-0.4, -0.2) is 57.7 Å². The third-order valence-electron chi connectivity index (χ3n) is 3.52. The summed E-state index contributed by atoms with van der Waals surface area (Å²) in [4.78, 5) is 37.9. The van der Waals surface area contributed by atoms with Crippen LogP contribution in [0.15, 0.2) is 0 Å². The second-order valence-corrected chi connectivity index (χ2v) is 6.88. The van der Waals surface area contributed by atoms with Crippen LogP contribution in [0.1, 0.15) is 47.5 Å². The molecule has 0 aliphatic carbocycles. The van der Waals surface area contributed by atoms with E-state index in [4.69, 9.17) is 4.74 Å². The number of carbonyl (C=O) groups excluding carboxylic acids is 2. The highest BCUT2D eigenvalue weighted by molar-refractivity contribution is 5.77. The maximum absolute atomic E-state index is 12.3. The quantitative estimate of drug-likeness (QED) is 0.783. The van der Waals surface area contributed by atoms with Gasteiger partial charge in [0.1, 0.15) is 17.8 Å². The maximum atomic E-state index is 12.3. The zero-order valence-electron chi connectivity index (χ0n) is 13.9. The summed E-state index contributed by atoms with van der Waals surface area (Å²) in [6.45, 7) is 9.23. The average Bonchev–Trinajstić information content (AvgIpc) is 2.81. The highest BCUT2D eigenvalue weighted by Gasteiger charge is 2.41. The van der Waals surface area contributed by atoms with E-state index in [1.807, 2.05) is 0 Å². The molecule has 0 aromatic heterocycles. The number of rotatable bonds is 5. The largest absolute Gasteiger partial charge is 0.480 e. The van der Waals surface area contributed by atoms with Gasteiger partial charge in [-0.1, -0.05) is 13.8 Å². The molecule has 0 aromatic rings. The van der Waals surface area contributed by atoms with E-state index in [0.717, 1.165) is 0 Å². The van der Waals surface area contributed by atoms with Crippen molar-refractivity contribution in [1.29, 1.82) is 0 Å². The van der Waals surface area contributed by atoms with Crippen molar-refractivity contribution in [2.75, 3.05) is 6.54 Å². The second-order valence-electron chi connectivity index (χ2n) is 6.88. The van der Waals surface area contributed by atoms with E-state index in [9.17, 15) is 19.5 Å². The monoisotopic (exact) mass is 314 g/mol. The predicted octanol–water partition coefficient (Wildman–Crippen LogP) is 1.91. The summed E-state index contributed by atoms with van der Waals surface area (Å²) >= 11 is 0. The molecule has 1 rings (SSSR count). The summed E-state index contributed by atoms with van der Waals surface area (Å²) in [6.07, 6.45) is 0.685. The summed E-state index contributed by atoms with van der Waals surface area (Å²) in [5, 5.41) is 9.38. The van der Waals surface area contributed by atoms with Gasteiger partial charge in [0.15, 0.2) is 0 Å². The molecule has 0 aromatic carbocycles. The summed E-state index contributed by atoms with van der Waals surface area (Å²) in [5.41, 5.74) is -0.638. The number of carboxylic acid groups (broad SMARTS) is 1. The van der Waals surface area contributed by atoms with E-state index in [0.29, 0.717) is 25.8 Å². The highest BCUT2D eigenvalue weighted by Crippen LogP contribution is 2.26. The molecule has 1 heterocycles. The third kappa shape index (κ3) is 4.35. The fourth-order valence-electron chi connectivity index (χ4n) is 2.67. The van der Waals surface area contributed by atoms with Gasteiger partial charge in [0.25, 0.3) is 0 Å². The molecular weight excluding hydrogens is 288 g/mol. The molecule has 7 heteroatoms. The Kier molecular flexibility index (Phi) is 5.79. The van der Waals surface area contributed by atoms with Gasteiger partial charge in [0, 0.05) is 6.54 Å². The van der Waals surface area contributed by atoms with Gasteiger partial charge >= 0.3 is 12.1 Å². The number of hydrogen-bond donors (Lipinski definition) is 1. The Bertz CT molecular complexity index is 430. The first-order chi connectivity index (χ1) is 10.1. The Hall–Kier alpha value is -1.79. The molecule has 0 spiro atoms. The minimum Gasteiger partial charge on any atom is -0.480 e. The van der Waals surface area contributed by atoms with Crippen LogP contribution in [0.2, 0.25) is 0 Å². The molecule has 0 saturated carbocycles. The number of carboxylic acids is 1. The van der Waals surface area contributed by atoms with Crippen molar-refractivity contribution in [1.82, 2.24) is 9.80 Å². The van der Waals surface area contributed by atoms with Gasteiger partial charge in [-0.3, -0.25) is 9.69 Å². The van der Waals surface area contributed by atoms with E-state index in [1.54, 1.807) is 34.6 Å². The molecule has 126 valence electrons. The van der Waals surface area contributed by atoms with E-state index >= 15 is 0 Å². The predicted molar refractivity (Wildman–Crippen MR) is 80.1 cm³/mol. The van der Waals surface area contributed by atoms with Crippen LogP contribution in [0.3, 0.4) is 0 Å². The lowest BCUT2D eigenvalue weighted by atomic mass is 10.0. The van der Waals surface area contributed by atoms with Crippen LogP contribution in [0.4, 0.5) is 4.79 Å². The van der Waals surface area contributed by atoms with Crippen molar-refractivity contribution in [2.45, 2.75) is 65.3 Å². The molecular formula is C15H26N2O5. The number of carbonyl (C=O) groups is 3. The summed E-state index contributed by atoms with van der Waals surface area (Å²) in [7, 11) is 0. The summed E-state index contributed by atoms with van der Waals surface area (Å²) in [6, 6.07) is -0.967. The lowest BCUT2D eigenvalue weighted by Gasteiger charge is -2.38. The fraction of sp³-hybridized carbons (Fsp3) is 0.800. The molecule has 0 unspecified atom stereocenters. The Labute approximate surface area is 131 Å². The standard InChI is InChI=1S/C15H26N2O5/c1-10(2)12(13(19)20)17(9-18)11-7-6-8-16(11)14(21)22-15(3,4)5/h9-12H,6-8H2,1-5H3,(H,19,20)/t11-,12-/m1/s1. The lowest BCUT2D eigenvalue weighted by Crippen LogP contribution is -2.55. The van der Waals surface area contributed by atoms with Crippen molar-refractivity contribution in [3.05, 3.63) is 0 Å². The molecule has 0 radical (unpaired) electrons. The number of nitrogens with zero attached hydrogens (tertiary/aromatic N) is 2. The van der Waals surface area contributed by atoms with Crippen LogP contribution in [0.25, 0.3) is 0 Å². The van der Waals surface area contributed by atoms with Crippen molar-refractivity contribution in [3.63, 3.8) is 0 Å². The van der Waals surface area contributed by atoms with E-state index < -0.39 is 29.9 Å². The van der Waals surface area contributed by atoms with Gasteiger partial charge in [-0.05, 0) is 39.5 Å². The maximum Gasteiger partial charge on any atom is 0.411 e. The first-order valence-electron chi connectivity index (χ1n) is 7.53. The number of ether oxygens (including phenoxy) is 1. The van der Waals surface area contributed by atoms with E-state index in [2.05, 4.69) is 0 Å². The van der Waals surface area contributed by atoms with Crippen molar-refractivity contribution < 1.29 is 24.2 Å². The molecule has 2 atom stereocenters. The first-order valence-corrected chi connectivity index (χ1v) is 7.53. The molecule has 1 saturated heterocycles. The lowest BCUT2D eigenvalue weighted by molar-refractivity contribution is -0.152. The van der Waals surface area contributed by atoms with Crippen LogP contribution in [0, 0.1) is 5.92 Å². The Balaban J connectivity index is 2.97. The van der Waals surface area contributed by atoms with Crippen molar-refractivity contribution in [3.8, 4) is 0 Å². The molecule has 1 aliphatic heterocycles. The van der Waals surface area contributed by atoms with Crippen LogP contribution in [-0.2, 0) is 14.3 Å². The van der Waals surface area contributed by atoms with Gasteiger partial charge in [-0.15, -0.1) is 0 Å². The SMILES string of the molecule is CC(C)[C@H](C(=O)O)N(C=O)[C@@H]1CCCN1C(=O)OC(C)(C)C. The smallest absolute Gasteiger partial charge is 0.411 e. The molecule has 1 N–H and O–H groups in total. The van der Waals surface area contributed by atoms with Crippen molar-refractivity contribution in [2.24, 2.45) is 5.92 Å². The summed E-state index contributed by atoms with van der Waals surface area (Å²) < 4.78 is 5.34. The van der Waals surface area contributed by atoms with Gasteiger partial charge in [-0.25, -0.2) is 9.59 Å². The van der Waals surface area contributed by atoms with E-state index in [1.165, 1.54) is 9.80 Å². The first kappa shape index (κ1) is 18.3. The van der Waals surface area contributed by atoms with Gasteiger partial charge < -0.3 is 14.7 Å². The topological polar surface area (TPSA) is 87.2 Å². The molecule has 0 bridgehead atoms. The van der Waals surface area contributed by atoms with Crippen LogP contribution in [0.5, 0.6) is 0 Å². The molecule has 7 nitrogen and oxygen atoms in total. The van der Waals surface area contributed by atoms with Gasteiger partial charge in [0.05, 0.1) is 0 Å². The van der Waals surface area contributed by atoms with Crippen LogP contribution < -0.4 is 0 Å². The fourth-order valence-corrected chi connectivity index (χ4v) is 2.67. The van der Waals surface area contributed by atoms with Gasteiger partial charge in [-0.2, -0.15) is 0 Å². The zero-order chi connectivity index (χ0) is 17.1. The molecule has 1 fully saturated rings. The Morgan fingerprint density at radius 3 is 2.36 bits per heavy atom. The number of likely N-dealkylation sites (tertiary alicyclic amines) is 1. The third-order valence-corrected chi connectivity index (χ3v) is 3.52. The normalized spacial score (nSPS) is 19.9. The number of amides is 2. The molecule has 22 heavy (non-hydrogen) atoms. The van der Waals surface area contributed by atoms with Gasteiger partial charge in [0.2, 0.25) is 6.41 Å². The number of aliphatic carboxylic acids is 1. The van der Waals surface area contributed by atoms with E-state index in [-0.39, 0.29) is 5.92 Å².